The van der Waals surface area contributed by atoms with Gasteiger partial charge in [0.2, 0.25) is 0 Å². The number of hydrogen-bond acceptors (Lipinski definition) is 4. The van der Waals surface area contributed by atoms with Crippen LogP contribution in [-0.2, 0) is 6.42 Å². The van der Waals surface area contributed by atoms with Crippen molar-refractivity contribution in [2.24, 2.45) is 0 Å². The first kappa shape index (κ1) is 20.0. The Balaban J connectivity index is 1.79. The van der Waals surface area contributed by atoms with Crippen molar-refractivity contribution in [3.8, 4) is 11.5 Å². The van der Waals surface area contributed by atoms with Crippen molar-refractivity contribution in [1.82, 2.24) is 10.4 Å². The van der Waals surface area contributed by atoms with Gasteiger partial charge in [0, 0.05) is 11.6 Å². The first-order valence-corrected chi connectivity index (χ1v) is 10.1. The van der Waals surface area contributed by atoms with E-state index in [0.717, 1.165) is 23.3 Å². The van der Waals surface area contributed by atoms with Crippen LogP contribution in [0.25, 0.3) is 0 Å². The summed E-state index contributed by atoms with van der Waals surface area (Å²) in [7, 11) is 3.29. The fourth-order valence-electron chi connectivity index (χ4n) is 4.11. The van der Waals surface area contributed by atoms with Crippen LogP contribution in [0.4, 0.5) is 0 Å². The van der Waals surface area contributed by atoms with E-state index in [4.69, 9.17) is 9.47 Å². The third-order valence-electron chi connectivity index (χ3n) is 5.59. The van der Waals surface area contributed by atoms with E-state index in [2.05, 4.69) is 35.6 Å². The zero-order chi connectivity index (χ0) is 21.1. The molecule has 5 nitrogen and oxygen atoms in total. The highest BCUT2D eigenvalue weighted by molar-refractivity contribution is 5.93. The van der Waals surface area contributed by atoms with E-state index in [-0.39, 0.29) is 18.0 Å². The molecule has 0 aromatic heterocycles. The number of nitrogens with zero attached hydrogens (tertiary/aromatic N) is 1. The molecule has 0 aliphatic carbocycles. The average molecular weight is 402 g/mol. The van der Waals surface area contributed by atoms with Crippen molar-refractivity contribution in [3.63, 3.8) is 0 Å². The number of amides is 1. The molecule has 1 heterocycles. The number of carbonyl (C=O) groups is 1. The van der Waals surface area contributed by atoms with Gasteiger partial charge in [-0.2, -0.15) is 0 Å². The maximum absolute atomic E-state index is 13.0. The highest BCUT2D eigenvalue weighted by atomic mass is 16.5. The van der Waals surface area contributed by atoms with Gasteiger partial charge in [-0.15, -0.1) is 0 Å². The van der Waals surface area contributed by atoms with Gasteiger partial charge >= 0.3 is 0 Å². The van der Waals surface area contributed by atoms with Crippen LogP contribution in [0.2, 0.25) is 0 Å². The predicted molar refractivity (Wildman–Crippen MR) is 117 cm³/mol. The maximum atomic E-state index is 13.0. The summed E-state index contributed by atoms with van der Waals surface area (Å²) in [5, 5.41) is 2.05. The van der Waals surface area contributed by atoms with Gasteiger partial charge in [-0.25, -0.2) is 5.01 Å². The van der Waals surface area contributed by atoms with Crippen LogP contribution in [0.3, 0.4) is 0 Å². The Morgan fingerprint density at radius 1 is 0.933 bits per heavy atom. The van der Waals surface area contributed by atoms with Crippen molar-refractivity contribution >= 4 is 5.91 Å². The third-order valence-corrected chi connectivity index (χ3v) is 5.59. The quantitative estimate of drug-likeness (QED) is 0.688. The summed E-state index contributed by atoms with van der Waals surface area (Å²) >= 11 is 0. The first-order chi connectivity index (χ1) is 14.6. The highest BCUT2D eigenvalue weighted by Gasteiger charge is 2.35. The minimum Gasteiger partial charge on any atom is -0.493 e. The van der Waals surface area contributed by atoms with E-state index in [9.17, 15) is 4.79 Å². The largest absolute Gasteiger partial charge is 0.493 e. The van der Waals surface area contributed by atoms with E-state index in [0.29, 0.717) is 11.3 Å². The van der Waals surface area contributed by atoms with Crippen molar-refractivity contribution in [2.45, 2.75) is 25.4 Å². The smallest absolute Gasteiger partial charge is 0.265 e. The van der Waals surface area contributed by atoms with Crippen molar-refractivity contribution in [3.05, 3.63) is 95.1 Å². The Morgan fingerprint density at radius 3 is 2.17 bits per heavy atom. The molecule has 154 valence electrons. The number of hydrogen-bond donors (Lipinski definition) is 1. The van der Waals surface area contributed by atoms with Gasteiger partial charge in [-0.3, -0.25) is 10.2 Å². The number of hydrazine groups is 1. The van der Waals surface area contributed by atoms with Crippen molar-refractivity contribution < 1.29 is 14.3 Å². The number of nitrogens with one attached hydrogen (secondary N) is 1. The molecule has 4 rings (SSSR count). The fourth-order valence-corrected chi connectivity index (χ4v) is 4.11. The lowest BCUT2D eigenvalue weighted by molar-refractivity contribution is 0.0552. The molecule has 5 heteroatoms. The van der Waals surface area contributed by atoms with Crippen molar-refractivity contribution in [1.29, 1.82) is 0 Å². The van der Waals surface area contributed by atoms with Crippen LogP contribution in [-0.4, -0.2) is 31.2 Å². The number of fused-ring (bicyclic) bond motifs is 1. The molecule has 0 radical (unpaired) electrons. The Kier molecular flexibility index (Phi) is 5.72. The molecule has 0 saturated heterocycles. The Bertz CT molecular complexity index is 1020. The normalized spacial score (nSPS) is 18.4. The fraction of sp³-hybridized carbons (Fsp3) is 0.240. The monoisotopic (exact) mass is 402 g/mol. The van der Waals surface area contributed by atoms with E-state index in [1.54, 1.807) is 14.2 Å². The van der Waals surface area contributed by atoms with E-state index in [1.165, 1.54) is 5.56 Å². The van der Waals surface area contributed by atoms with Gasteiger partial charge in [0.1, 0.15) is 0 Å². The molecule has 2 unspecified atom stereocenters. The lowest BCUT2D eigenvalue weighted by Gasteiger charge is -2.42. The molecule has 30 heavy (non-hydrogen) atoms. The van der Waals surface area contributed by atoms with Crippen LogP contribution < -0.4 is 14.9 Å². The molecule has 0 fully saturated rings. The van der Waals surface area contributed by atoms with Gasteiger partial charge in [0.25, 0.3) is 5.91 Å². The number of carbonyl (C=O) groups excluding carboxylic acids is 1. The zero-order valence-electron chi connectivity index (χ0n) is 17.5. The minimum absolute atomic E-state index is 0.0912. The van der Waals surface area contributed by atoms with Crippen LogP contribution >= 0.6 is 0 Å². The Morgan fingerprint density at radius 2 is 1.53 bits per heavy atom. The number of methoxy groups -OCH3 is 2. The highest BCUT2D eigenvalue weighted by Crippen LogP contribution is 2.42. The molecule has 3 aromatic carbocycles. The zero-order valence-corrected chi connectivity index (χ0v) is 17.5. The maximum Gasteiger partial charge on any atom is 0.265 e. The van der Waals surface area contributed by atoms with Gasteiger partial charge in [-0.05, 0) is 54.3 Å². The van der Waals surface area contributed by atoms with E-state index >= 15 is 0 Å². The summed E-state index contributed by atoms with van der Waals surface area (Å²) in [5.74, 6) is 1.28. The van der Waals surface area contributed by atoms with Crippen LogP contribution in [0.15, 0.2) is 72.8 Å². The van der Waals surface area contributed by atoms with E-state index < -0.39 is 0 Å². The molecule has 1 aliphatic rings. The van der Waals surface area contributed by atoms with E-state index in [1.807, 2.05) is 54.6 Å². The number of rotatable bonds is 5. The van der Waals surface area contributed by atoms with Gasteiger partial charge in [-0.1, -0.05) is 48.5 Å². The average Bonchev–Trinajstić information content (AvgIpc) is 2.79. The van der Waals surface area contributed by atoms with Crippen LogP contribution in [0.5, 0.6) is 11.5 Å². The molecular weight excluding hydrogens is 376 g/mol. The van der Waals surface area contributed by atoms with Crippen LogP contribution in [0.1, 0.15) is 40.0 Å². The summed E-state index contributed by atoms with van der Waals surface area (Å²) in [6.45, 7) is 2.13. The molecule has 1 amide bonds. The second-order valence-electron chi connectivity index (χ2n) is 7.49. The molecular formula is C25H26N2O3. The number of benzene rings is 3. The SMILES string of the molecule is COc1cc2c(cc1OC)C(c1ccccc1)N(NC(=O)c1ccccc1)C(C)C2. The van der Waals surface area contributed by atoms with Gasteiger partial charge in [0.05, 0.1) is 20.3 Å². The molecule has 1 N–H and O–H groups in total. The lowest BCUT2D eigenvalue weighted by Crippen LogP contribution is -2.52. The molecule has 2 atom stereocenters. The summed E-state index contributed by atoms with van der Waals surface area (Å²) in [4.78, 5) is 13.0. The Hall–Kier alpha value is -3.31. The minimum atomic E-state index is -0.141. The van der Waals surface area contributed by atoms with Crippen molar-refractivity contribution in [2.75, 3.05) is 14.2 Å². The molecule has 0 spiro atoms. The Labute approximate surface area is 177 Å². The molecule has 0 bridgehead atoms. The predicted octanol–water partition coefficient (Wildman–Crippen LogP) is 4.38. The molecule has 1 aliphatic heterocycles. The standard InChI is InChI=1S/C25H26N2O3/c1-17-14-20-15-22(29-2)23(30-3)16-21(20)24(18-10-6-4-7-11-18)27(17)26-25(28)19-12-8-5-9-13-19/h4-13,15-17,24H,14H2,1-3H3,(H,26,28). The second-order valence-corrected chi connectivity index (χ2v) is 7.49. The summed E-state index contributed by atoms with van der Waals surface area (Å²) in [6.07, 6.45) is 0.786. The topological polar surface area (TPSA) is 50.8 Å². The first-order valence-electron chi connectivity index (χ1n) is 10.1. The molecule has 0 saturated carbocycles. The number of ether oxygens (including phenoxy) is 2. The summed E-state index contributed by atoms with van der Waals surface area (Å²) in [5.41, 5.74) is 7.20. The second kappa shape index (κ2) is 8.59. The van der Waals surface area contributed by atoms with Gasteiger partial charge in [0.15, 0.2) is 11.5 Å². The molecule has 3 aromatic rings. The van der Waals surface area contributed by atoms with Crippen LogP contribution in [0, 0.1) is 0 Å². The van der Waals surface area contributed by atoms with Gasteiger partial charge < -0.3 is 9.47 Å². The summed E-state index contributed by atoms with van der Waals surface area (Å²) in [6, 6.07) is 23.5. The third kappa shape index (κ3) is 3.76. The summed E-state index contributed by atoms with van der Waals surface area (Å²) < 4.78 is 11.1. The lowest BCUT2D eigenvalue weighted by atomic mass is 9.86.